The quantitative estimate of drug-likeness (QED) is 0.547. The minimum absolute atomic E-state index is 0.00802. The molecule has 12 heteroatoms. The highest BCUT2D eigenvalue weighted by atomic mass is 32.2. The number of hydrogen-bond donors (Lipinski definition) is 1. The van der Waals surface area contributed by atoms with Crippen LogP contribution in [0.3, 0.4) is 0 Å². The first-order valence-electron chi connectivity index (χ1n) is 6.80. The average Bonchev–Trinajstić information content (AvgIpc) is 3.00. The van der Waals surface area contributed by atoms with Crippen molar-refractivity contribution < 1.29 is 30.5 Å². The molecule has 0 saturated heterocycles. The van der Waals surface area contributed by atoms with Crippen molar-refractivity contribution in [1.29, 1.82) is 0 Å². The second-order valence-corrected chi connectivity index (χ2v) is 6.43. The fraction of sp³-hybridized carbons (Fsp3) is 0.0714. The predicted octanol–water partition coefficient (Wildman–Crippen LogP) is 2.73. The molecule has 7 nitrogen and oxygen atoms in total. The van der Waals surface area contributed by atoms with Crippen molar-refractivity contribution in [2.24, 2.45) is 0 Å². The molecular formula is C14H8F4N4O3S. The van der Waals surface area contributed by atoms with E-state index in [-0.39, 0.29) is 17.2 Å². The van der Waals surface area contributed by atoms with E-state index >= 15 is 0 Å². The van der Waals surface area contributed by atoms with Gasteiger partial charge in [0.1, 0.15) is 10.7 Å². The summed E-state index contributed by atoms with van der Waals surface area (Å²) in [4.78, 5) is 6.52. The minimum atomic E-state index is -4.86. The van der Waals surface area contributed by atoms with Crippen LogP contribution in [-0.2, 0) is 16.3 Å². The van der Waals surface area contributed by atoms with Crippen LogP contribution < -0.4 is 0 Å². The van der Waals surface area contributed by atoms with Crippen LogP contribution in [-0.4, -0.2) is 32.7 Å². The van der Waals surface area contributed by atoms with Crippen molar-refractivity contribution in [2.45, 2.75) is 11.1 Å². The van der Waals surface area contributed by atoms with Gasteiger partial charge in [0.25, 0.3) is 15.9 Å². The van der Waals surface area contributed by atoms with Crippen LogP contribution >= 0.6 is 0 Å². The molecule has 3 rings (SSSR count). The number of aromatic nitrogens is 4. The van der Waals surface area contributed by atoms with E-state index in [9.17, 15) is 26.0 Å². The molecule has 0 fully saturated rings. The molecule has 0 amide bonds. The Labute approximate surface area is 143 Å². The molecular weight excluding hydrogens is 380 g/mol. The number of halogens is 4. The van der Waals surface area contributed by atoms with E-state index in [1.807, 2.05) is 0 Å². The molecule has 0 radical (unpaired) electrons. The lowest BCUT2D eigenvalue weighted by Gasteiger charge is -2.05. The Morgan fingerprint density at radius 1 is 1.12 bits per heavy atom. The maximum Gasteiger partial charge on any atom is 0.453 e. The Morgan fingerprint density at radius 2 is 1.85 bits per heavy atom. The van der Waals surface area contributed by atoms with Crippen LogP contribution in [0.15, 0.2) is 47.5 Å². The summed E-state index contributed by atoms with van der Waals surface area (Å²) in [6, 6.07) is 6.64. The van der Waals surface area contributed by atoms with Crippen LogP contribution in [0.4, 0.5) is 17.6 Å². The van der Waals surface area contributed by atoms with Crippen molar-refractivity contribution >= 4 is 10.1 Å². The smallest absolute Gasteiger partial charge is 0.282 e. The monoisotopic (exact) mass is 388 g/mol. The molecule has 136 valence electrons. The maximum absolute atomic E-state index is 13.4. The van der Waals surface area contributed by atoms with Crippen molar-refractivity contribution in [3.05, 3.63) is 54.2 Å². The molecule has 0 aliphatic carbocycles. The molecule has 0 unspecified atom stereocenters. The van der Waals surface area contributed by atoms with Gasteiger partial charge in [-0.3, -0.25) is 4.55 Å². The van der Waals surface area contributed by atoms with Gasteiger partial charge in [-0.05, 0) is 24.3 Å². The van der Waals surface area contributed by atoms with Gasteiger partial charge < -0.3 is 0 Å². The predicted molar refractivity (Wildman–Crippen MR) is 79.4 cm³/mol. The second-order valence-electron chi connectivity index (χ2n) is 5.01. The third-order valence-electron chi connectivity index (χ3n) is 3.18. The molecule has 1 N–H and O–H groups in total. The lowest BCUT2D eigenvalue weighted by molar-refractivity contribution is -0.144. The number of hydrogen-bond acceptors (Lipinski definition) is 5. The molecule has 2 aromatic heterocycles. The Morgan fingerprint density at radius 3 is 2.38 bits per heavy atom. The molecule has 0 spiro atoms. The van der Waals surface area contributed by atoms with Gasteiger partial charge in [-0.1, -0.05) is 12.1 Å². The van der Waals surface area contributed by atoms with Crippen molar-refractivity contribution in [2.75, 3.05) is 0 Å². The zero-order chi connectivity index (χ0) is 19.1. The van der Waals surface area contributed by atoms with E-state index < -0.39 is 32.8 Å². The molecule has 1 aromatic carbocycles. The van der Waals surface area contributed by atoms with Crippen LogP contribution in [0.5, 0.6) is 0 Å². The maximum atomic E-state index is 13.4. The van der Waals surface area contributed by atoms with Crippen LogP contribution in [0, 0.1) is 5.82 Å². The molecule has 0 aliphatic heterocycles. The van der Waals surface area contributed by atoms with Crippen LogP contribution in [0.2, 0.25) is 0 Å². The molecule has 0 aliphatic rings. The van der Waals surface area contributed by atoms with Crippen LogP contribution in [0.25, 0.3) is 17.2 Å². The fourth-order valence-corrected chi connectivity index (χ4v) is 2.48. The normalized spacial score (nSPS) is 12.3. The van der Waals surface area contributed by atoms with E-state index in [1.165, 1.54) is 12.1 Å². The summed E-state index contributed by atoms with van der Waals surface area (Å²) in [5.41, 5.74) is 0.00802. The fourth-order valence-electron chi connectivity index (χ4n) is 2.06. The van der Waals surface area contributed by atoms with Gasteiger partial charge in [0, 0.05) is 5.56 Å². The largest absolute Gasteiger partial charge is 0.453 e. The SMILES string of the molecule is O=S(=O)(O)c1ccc(-n2nc(C(F)(F)F)nc2-c2cccc(F)c2)nc1. The summed E-state index contributed by atoms with van der Waals surface area (Å²) in [5.74, 6) is -2.72. The summed E-state index contributed by atoms with van der Waals surface area (Å²) in [6.07, 6.45) is -4.11. The lowest BCUT2D eigenvalue weighted by Crippen LogP contribution is -2.09. The summed E-state index contributed by atoms with van der Waals surface area (Å²) in [5, 5.41) is 3.33. The van der Waals surface area contributed by atoms with E-state index in [0.717, 1.165) is 30.5 Å². The minimum Gasteiger partial charge on any atom is -0.282 e. The Hall–Kier alpha value is -2.86. The molecule has 26 heavy (non-hydrogen) atoms. The molecule has 3 aromatic rings. The second kappa shape index (κ2) is 6.14. The number of rotatable bonds is 3. The third kappa shape index (κ3) is 3.55. The molecule has 2 heterocycles. The van der Waals surface area contributed by atoms with Gasteiger partial charge in [-0.25, -0.2) is 14.4 Å². The van der Waals surface area contributed by atoms with Crippen LogP contribution in [0.1, 0.15) is 5.82 Å². The Balaban J connectivity index is 2.18. The average molecular weight is 388 g/mol. The highest BCUT2D eigenvalue weighted by Gasteiger charge is 2.37. The Bertz CT molecular complexity index is 1060. The first kappa shape index (κ1) is 17.9. The molecule has 0 atom stereocenters. The summed E-state index contributed by atoms with van der Waals surface area (Å²) in [6.45, 7) is 0. The van der Waals surface area contributed by atoms with Crippen molar-refractivity contribution in [1.82, 2.24) is 19.7 Å². The summed E-state index contributed by atoms with van der Waals surface area (Å²) < 4.78 is 84.0. The van der Waals surface area contributed by atoms with E-state index in [0.29, 0.717) is 4.68 Å². The first-order valence-corrected chi connectivity index (χ1v) is 8.24. The van der Waals surface area contributed by atoms with Crippen molar-refractivity contribution in [3.63, 3.8) is 0 Å². The zero-order valence-corrected chi connectivity index (χ0v) is 13.3. The summed E-state index contributed by atoms with van der Waals surface area (Å²) >= 11 is 0. The van der Waals surface area contributed by atoms with Gasteiger partial charge in [0.2, 0.25) is 0 Å². The van der Waals surface area contributed by atoms with Gasteiger partial charge in [0.05, 0.1) is 6.20 Å². The highest BCUT2D eigenvalue weighted by molar-refractivity contribution is 7.85. The number of alkyl halides is 3. The topological polar surface area (TPSA) is 98.0 Å². The standard InChI is InChI=1S/C14H8F4N4O3S/c15-9-3-1-2-8(6-9)12-20-13(14(16,17)18)21-22(12)11-5-4-10(7-19-11)26(23,24)25/h1-7H,(H,23,24,25). The van der Waals surface area contributed by atoms with E-state index in [4.69, 9.17) is 4.55 Å². The highest BCUT2D eigenvalue weighted by Crippen LogP contribution is 2.30. The third-order valence-corrected chi connectivity index (χ3v) is 4.02. The molecule has 0 saturated carbocycles. The number of nitrogens with zero attached hydrogens (tertiary/aromatic N) is 4. The number of pyridine rings is 1. The van der Waals surface area contributed by atoms with E-state index in [1.54, 1.807) is 0 Å². The van der Waals surface area contributed by atoms with Gasteiger partial charge in [-0.2, -0.15) is 26.3 Å². The first-order chi connectivity index (χ1) is 12.1. The molecule has 0 bridgehead atoms. The zero-order valence-electron chi connectivity index (χ0n) is 12.5. The number of benzene rings is 1. The van der Waals surface area contributed by atoms with Gasteiger partial charge >= 0.3 is 6.18 Å². The summed E-state index contributed by atoms with van der Waals surface area (Å²) in [7, 11) is -4.53. The van der Waals surface area contributed by atoms with Crippen molar-refractivity contribution in [3.8, 4) is 17.2 Å². The van der Waals surface area contributed by atoms with E-state index in [2.05, 4.69) is 15.1 Å². The van der Waals surface area contributed by atoms with Gasteiger partial charge in [0.15, 0.2) is 11.6 Å². The van der Waals surface area contributed by atoms with Gasteiger partial charge in [-0.15, -0.1) is 5.10 Å². The lowest BCUT2D eigenvalue weighted by atomic mass is 10.2. The Kier molecular flexibility index (Phi) is 4.24.